The quantitative estimate of drug-likeness (QED) is 0.653. The maximum absolute atomic E-state index is 13.0. The number of esters is 1. The first-order chi connectivity index (χ1) is 13.1. The number of methoxy groups -OCH3 is 1. The van der Waals surface area contributed by atoms with E-state index in [4.69, 9.17) is 9.47 Å². The van der Waals surface area contributed by atoms with Crippen molar-refractivity contribution in [1.82, 2.24) is 4.98 Å². The molecule has 1 aromatic heterocycles. The lowest BCUT2D eigenvalue weighted by molar-refractivity contribution is -0.119. The Balaban J connectivity index is 1.58. The maximum Gasteiger partial charge on any atom is 0.358 e. The summed E-state index contributed by atoms with van der Waals surface area (Å²) in [6, 6.07) is 12.7. The molecule has 0 radical (unpaired) electrons. The molecule has 6 nitrogen and oxygen atoms in total. The van der Waals surface area contributed by atoms with Gasteiger partial charge in [-0.15, -0.1) is 11.3 Å². The van der Waals surface area contributed by atoms with Crippen LogP contribution in [0.3, 0.4) is 0 Å². The van der Waals surface area contributed by atoms with Crippen molar-refractivity contribution in [2.45, 2.75) is 0 Å². The van der Waals surface area contributed by atoms with Gasteiger partial charge in [-0.05, 0) is 36.4 Å². The second-order valence-electron chi connectivity index (χ2n) is 5.37. The lowest BCUT2D eigenvalue weighted by atomic mass is 10.2. The Morgan fingerprint density at radius 1 is 1.15 bits per heavy atom. The summed E-state index contributed by atoms with van der Waals surface area (Å²) in [5.41, 5.74) is 1.26. The first-order valence-corrected chi connectivity index (χ1v) is 8.76. The Kier molecular flexibility index (Phi) is 5.77. The standard InChI is InChI=1S/C19H15FN2O4S/c1-25-16-5-3-2-4-14(16)21-17(23)10-26-19(24)15-11-27-18(22-15)12-6-8-13(20)9-7-12/h2-9,11H,10H2,1H3,(H,21,23). The molecular formula is C19H15FN2O4S. The Morgan fingerprint density at radius 3 is 2.63 bits per heavy atom. The van der Waals surface area contributed by atoms with Crippen molar-refractivity contribution in [1.29, 1.82) is 0 Å². The van der Waals surface area contributed by atoms with E-state index in [1.807, 2.05) is 0 Å². The molecule has 138 valence electrons. The summed E-state index contributed by atoms with van der Waals surface area (Å²) in [5.74, 6) is -1.06. The Bertz CT molecular complexity index is 956. The normalized spacial score (nSPS) is 10.3. The van der Waals surface area contributed by atoms with E-state index in [0.717, 1.165) is 0 Å². The molecule has 0 aliphatic heterocycles. The lowest BCUT2D eigenvalue weighted by Crippen LogP contribution is -2.21. The first kappa shape index (κ1) is 18.5. The number of hydrogen-bond donors (Lipinski definition) is 1. The molecular weight excluding hydrogens is 371 g/mol. The number of carbonyl (C=O) groups excluding carboxylic acids is 2. The Hall–Kier alpha value is -3.26. The number of rotatable bonds is 6. The van der Waals surface area contributed by atoms with Gasteiger partial charge in [0.2, 0.25) is 0 Å². The van der Waals surface area contributed by atoms with Gasteiger partial charge < -0.3 is 14.8 Å². The molecule has 0 bridgehead atoms. The van der Waals surface area contributed by atoms with Gasteiger partial charge in [0.05, 0.1) is 12.8 Å². The van der Waals surface area contributed by atoms with Crippen molar-refractivity contribution in [3.8, 4) is 16.3 Å². The fraction of sp³-hybridized carbons (Fsp3) is 0.105. The summed E-state index contributed by atoms with van der Waals surface area (Å²) in [6.07, 6.45) is 0. The molecule has 0 spiro atoms. The van der Waals surface area contributed by atoms with Crippen LogP contribution in [-0.4, -0.2) is 30.6 Å². The first-order valence-electron chi connectivity index (χ1n) is 7.88. The minimum Gasteiger partial charge on any atom is -0.495 e. The van der Waals surface area contributed by atoms with Crippen LogP contribution < -0.4 is 10.1 Å². The van der Waals surface area contributed by atoms with E-state index < -0.39 is 18.5 Å². The van der Waals surface area contributed by atoms with Crippen LogP contribution in [0.5, 0.6) is 5.75 Å². The van der Waals surface area contributed by atoms with Crippen molar-refractivity contribution in [3.05, 3.63) is 65.4 Å². The summed E-state index contributed by atoms with van der Waals surface area (Å²) in [5, 5.41) is 4.69. The summed E-state index contributed by atoms with van der Waals surface area (Å²) in [6.45, 7) is -0.458. The zero-order valence-electron chi connectivity index (χ0n) is 14.3. The number of carbonyl (C=O) groups is 2. The molecule has 0 aliphatic carbocycles. The zero-order valence-corrected chi connectivity index (χ0v) is 15.1. The minimum atomic E-state index is -0.713. The van der Waals surface area contributed by atoms with Crippen LogP contribution in [0.25, 0.3) is 10.6 Å². The highest BCUT2D eigenvalue weighted by Crippen LogP contribution is 2.25. The van der Waals surface area contributed by atoms with Crippen LogP contribution in [0.15, 0.2) is 53.9 Å². The van der Waals surface area contributed by atoms with Gasteiger partial charge in [0.1, 0.15) is 16.6 Å². The van der Waals surface area contributed by atoms with Crippen LogP contribution in [0.2, 0.25) is 0 Å². The van der Waals surface area contributed by atoms with Gasteiger partial charge in [-0.3, -0.25) is 4.79 Å². The van der Waals surface area contributed by atoms with E-state index in [2.05, 4.69) is 10.3 Å². The summed E-state index contributed by atoms with van der Waals surface area (Å²) >= 11 is 1.23. The number of thiazole rings is 1. The van der Waals surface area contributed by atoms with Gasteiger partial charge in [0.15, 0.2) is 12.3 Å². The second kappa shape index (κ2) is 8.41. The van der Waals surface area contributed by atoms with Crippen molar-refractivity contribution in [3.63, 3.8) is 0 Å². The van der Waals surface area contributed by atoms with Crippen molar-refractivity contribution in [2.24, 2.45) is 0 Å². The molecule has 1 amide bonds. The largest absolute Gasteiger partial charge is 0.495 e. The number of hydrogen-bond acceptors (Lipinski definition) is 6. The van der Waals surface area contributed by atoms with E-state index in [-0.39, 0.29) is 11.5 Å². The molecule has 1 N–H and O–H groups in total. The fourth-order valence-electron chi connectivity index (χ4n) is 2.23. The third-order valence-electron chi connectivity index (χ3n) is 3.52. The van der Waals surface area contributed by atoms with Crippen molar-refractivity contribution < 1.29 is 23.5 Å². The maximum atomic E-state index is 13.0. The van der Waals surface area contributed by atoms with E-state index in [9.17, 15) is 14.0 Å². The van der Waals surface area contributed by atoms with Crippen molar-refractivity contribution >= 4 is 28.9 Å². The lowest BCUT2D eigenvalue weighted by Gasteiger charge is -2.09. The predicted molar refractivity (Wildman–Crippen MR) is 99.4 cm³/mol. The van der Waals surface area contributed by atoms with Crippen LogP contribution in [-0.2, 0) is 9.53 Å². The molecule has 2 aromatic carbocycles. The number of aromatic nitrogens is 1. The van der Waals surface area contributed by atoms with Gasteiger partial charge in [-0.2, -0.15) is 0 Å². The fourth-order valence-corrected chi connectivity index (χ4v) is 3.03. The number of halogens is 1. The number of ether oxygens (including phenoxy) is 2. The van der Waals surface area contributed by atoms with Gasteiger partial charge in [-0.1, -0.05) is 12.1 Å². The second-order valence-corrected chi connectivity index (χ2v) is 6.23. The molecule has 0 aliphatic rings. The summed E-state index contributed by atoms with van der Waals surface area (Å²) in [7, 11) is 1.49. The van der Waals surface area contributed by atoms with Gasteiger partial charge in [0, 0.05) is 10.9 Å². The zero-order chi connectivity index (χ0) is 19.2. The average Bonchev–Trinajstić information content (AvgIpc) is 3.17. The van der Waals surface area contributed by atoms with Crippen LogP contribution in [0, 0.1) is 5.82 Å². The molecule has 27 heavy (non-hydrogen) atoms. The number of nitrogens with zero attached hydrogens (tertiary/aromatic N) is 1. The monoisotopic (exact) mass is 386 g/mol. The van der Waals surface area contributed by atoms with Crippen LogP contribution in [0.1, 0.15) is 10.5 Å². The Morgan fingerprint density at radius 2 is 1.89 bits per heavy atom. The minimum absolute atomic E-state index is 0.0874. The number of amides is 1. The predicted octanol–water partition coefficient (Wildman–Crippen LogP) is 3.75. The average molecular weight is 386 g/mol. The summed E-state index contributed by atoms with van der Waals surface area (Å²) < 4.78 is 23.1. The number of nitrogens with one attached hydrogen (secondary N) is 1. The molecule has 0 saturated carbocycles. The third-order valence-corrected chi connectivity index (χ3v) is 4.41. The SMILES string of the molecule is COc1ccccc1NC(=O)COC(=O)c1csc(-c2ccc(F)cc2)n1. The molecule has 1 heterocycles. The van der Waals surface area contributed by atoms with Crippen LogP contribution >= 0.6 is 11.3 Å². The highest BCUT2D eigenvalue weighted by atomic mass is 32.1. The topological polar surface area (TPSA) is 77.5 Å². The molecule has 0 saturated heterocycles. The van der Waals surface area contributed by atoms with Crippen molar-refractivity contribution in [2.75, 3.05) is 19.0 Å². The molecule has 8 heteroatoms. The van der Waals surface area contributed by atoms with Crippen LogP contribution in [0.4, 0.5) is 10.1 Å². The van der Waals surface area contributed by atoms with E-state index in [0.29, 0.717) is 22.0 Å². The Labute approximate surface area is 158 Å². The highest BCUT2D eigenvalue weighted by Gasteiger charge is 2.15. The van der Waals surface area contributed by atoms with Gasteiger partial charge in [0.25, 0.3) is 5.91 Å². The number of para-hydroxylation sites is 2. The highest BCUT2D eigenvalue weighted by molar-refractivity contribution is 7.13. The number of benzene rings is 2. The van der Waals surface area contributed by atoms with Gasteiger partial charge in [-0.25, -0.2) is 14.2 Å². The summed E-state index contributed by atoms with van der Waals surface area (Å²) in [4.78, 5) is 28.2. The molecule has 0 atom stereocenters. The van der Waals surface area contributed by atoms with E-state index in [1.165, 1.54) is 36.0 Å². The smallest absolute Gasteiger partial charge is 0.358 e. The molecule has 0 unspecified atom stereocenters. The number of anilines is 1. The van der Waals surface area contributed by atoms with E-state index in [1.54, 1.807) is 36.4 Å². The van der Waals surface area contributed by atoms with Gasteiger partial charge >= 0.3 is 5.97 Å². The molecule has 3 aromatic rings. The van der Waals surface area contributed by atoms with E-state index >= 15 is 0 Å². The molecule has 3 rings (SSSR count). The third kappa shape index (κ3) is 4.68. The molecule has 0 fully saturated rings.